The molecule has 0 aliphatic rings. The minimum atomic E-state index is -1.05. The normalized spacial score (nSPS) is 12.9. The zero-order valence-electron chi connectivity index (χ0n) is 88.0. The minimum absolute atomic E-state index is 0. The van der Waals surface area contributed by atoms with Gasteiger partial charge in [-0.15, -0.1) is 0 Å². The summed E-state index contributed by atoms with van der Waals surface area (Å²) < 4.78 is 133. The zero-order valence-corrected chi connectivity index (χ0v) is 98.0. The minimum Gasteiger partial charge on any atom is -0.550 e. The molecule has 0 radical (unpaired) electrons. The standard InChI is InChI=1S/C28H56O10.C22H36O7.C19H34O8.C17H32O8.C10H20O4.5Na/c1-6-25(35-21-20-34-24(4)5)22-26(36-18-16-32-8-3)23-28(37-13-11-9-10-12-27(29)30)38-19-17-33-15-14-31-7-2;1-3-19(26-15-14-25-2)18-22(28-13-9-5-8-12-21(23)24)29-17-16-27-20-10-6-4-7-11-20;1-4-16(24-11-9-20)14-18(25-10-7-5-6-8-17(21)22)26-12-13-27-19(23)15(2)3;1-3-15(23-11-9-21-2)13-17(25-12-10-22-14-18)24-8-6-4-5-7-16(19)20;1-3-10(13-2)14-8-6-4-5-7-9(11)12;;;;;/h24-26,28H,6-23H2,1-5H3,(H,29,30);4,6-7,10-11,19,22H,3,5,8-9,12-18H2,1-2H3,(H,23,24);16,18,20H,2,4-14H2,1,3H3,(H,21,22);14-15,17H,3-13H2,1-2H3,(H,19,20);10H,3-8H2,1-2H3,(H,11,12);;;;;/q;;;;;5*+1/p-5. The average molecular weight is 2030 g/mol. The van der Waals surface area contributed by atoms with Crippen LogP contribution < -0.4 is 178 Å². The molecular formula is C96H173Na5O37. The third-order valence-corrected chi connectivity index (χ3v) is 18.9. The van der Waals surface area contributed by atoms with Crippen molar-refractivity contribution in [3.63, 3.8) is 0 Å². The van der Waals surface area contributed by atoms with E-state index in [-0.39, 0.29) is 262 Å². The van der Waals surface area contributed by atoms with Gasteiger partial charge in [0, 0.05) is 129 Å². The molecule has 10 unspecified atom stereocenters. The van der Waals surface area contributed by atoms with Crippen LogP contribution in [0.25, 0.3) is 0 Å². The predicted molar refractivity (Wildman–Crippen MR) is 486 cm³/mol. The molecule has 0 aliphatic carbocycles. The van der Waals surface area contributed by atoms with Gasteiger partial charge < -0.3 is 168 Å². The number of carboxylic acid groups (broad SMARTS) is 5. The SMILES string of the molecule is C=C(C)C(=O)OCCOC(CC(CC)OCCO)OCCCCCC(=O)[O-].CCC(CC(OCCCCCC(=O)[O-])OCCOC=O)OCCOC.CCC(CC(OCCCCCC(=O)[O-])OCCOc1ccccc1)OCCOC.CCC(OC)OCCCCCC(=O)[O-].CCOCCOCCOC(CC(CC(CC)OCCOC(C)C)OCCOCC)OCCCCCC(=O)[O-].[Na+].[Na+].[Na+].[Na+].[Na+]. The van der Waals surface area contributed by atoms with E-state index in [1.165, 1.54) is 0 Å². The Morgan fingerprint density at radius 3 is 0.971 bits per heavy atom. The Labute approximate surface area is 936 Å². The van der Waals surface area contributed by atoms with Crippen LogP contribution in [0, 0.1) is 0 Å². The molecule has 10 atom stereocenters. The summed E-state index contributed by atoms with van der Waals surface area (Å²) in [6, 6.07) is 9.58. The fourth-order valence-electron chi connectivity index (χ4n) is 11.6. The van der Waals surface area contributed by atoms with E-state index in [9.17, 15) is 59.1 Å². The van der Waals surface area contributed by atoms with Gasteiger partial charge in [-0.1, -0.05) is 91.5 Å². The molecule has 0 aromatic heterocycles. The van der Waals surface area contributed by atoms with E-state index in [0.29, 0.717) is 221 Å². The first-order chi connectivity index (χ1) is 64.3. The second-order valence-corrected chi connectivity index (χ2v) is 30.5. The molecule has 0 fully saturated rings. The van der Waals surface area contributed by atoms with Crippen molar-refractivity contribution in [1.82, 2.24) is 0 Å². The van der Waals surface area contributed by atoms with Crippen LogP contribution in [0.2, 0.25) is 0 Å². The van der Waals surface area contributed by atoms with Gasteiger partial charge in [-0.25, -0.2) is 4.79 Å². The van der Waals surface area contributed by atoms with Crippen LogP contribution in [-0.4, -0.2) is 315 Å². The average Bonchev–Trinajstić information content (AvgIpc) is 0.914. The number of methoxy groups -OCH3 is 3. The second-order valence-electron chi connectivity index (χ2n) is 30.5. The van der Waals surface area contributed by atoms with E-state index in [1.54, 1.807) is 28.3 Å². The number of rotatable bonds is 95. The van der Waals surface area contributed by atoms with Gasteiger partial charge in [0.05, 0.1) is 149 Å². The van der Waals surface area contributed by atoms with Gasteiger partial charge >= 0.3 is 154 Å². The van der Waals surface area contributed by atoms with Crippen LogP contribution in [0.4, 0.5) is 0 Å². The summed E-state index contributed by atoms with van der Waals surface area (Å²) in [5.74, 6) is -4.76. The number of carbonyl (C=O) groups is 7. The van der Waals surface area contributed by atoms with Gasteiger partial charge in [-0.3, -0.25) is 4.79 Å². The molecule has 784 valence electrons. The third kappa shape index (κ3) is 117. The maximum atomic E-state index is 11.4. The van der Waals surface area contributed by atoms with Crippen molar-refractivity contribution in [3.05, 3.63) is 42.5 Å². The smallest absolute Gasteiger partial charge is 0.550 e. The van der Waals surface area contributed by atoms with Crippen molar-refractivity contribution in [1.29, 1.82) is 0 Å². The van der Waals surface area contributed by atoms with Gasteiger partial charge in [0.15, 0.2) is 31.5 Å². The third-order valence-electron chi connectivity index (χ3n) is 18.9. The second kappa shape index (κ2) is 121. The zero-order chi connectivity index (χ0) is 99.5. The molecular weight excluding hydrogens is 1860 g/mol. The van der Waals surface area contributed by atoms with Gasteiger partial charge in [-0.05, 0) is 182 Å². The van der Waals surface area contributed by atoms with Crippen molar-refractivity contribution < 1.29 is 326 Å². The van der Waals surface area contributed by atoms with Crippen molar-refractivity contribution in [3.8, 4) is 5.75 Å². The van der Waals surface area contributed by atoms with Crippen molar-refractivity contribution in [2.45, 2.75) is 330 Å². The largest absolute Gasteiger partial charge is 1.00 e. The molecule has 1 rings (SSSR count). The number of para-hydroxylation sites is 1. The van der Waals surface area contributed by atoms with Crippen LogP contribution >= 0.6 is 0 Å². The molecule has 0 spiro atoms. The summed E-state index contributed by atoms with van der Waals surface area (Å²) in [5, 5.41) is 60.8. The maximum absolute atomic E-state index is 11.4. The Kier molecular flexibility index (Phi) is 136. The summed E-state index contributed by atoms with van der Waals surface area (Å²) in [6.07, 6.45) is 15.9. The van der Waals surface area contributed by atoms with Gasteiger partial charge in [0.25, 0.3) is 6.47 Å². The first kappa shape index (κ1) is 155. The van der Waals surface area contributed by atoms with E-state index in [4.69, 9.17) is 114 Å². The van der Waals surface area contributed by atoms with Gasteiger partial charge in [-0.2, -0.15) is 0 Å². The number of aliphatic carboxylic acids is 5. The quantitative estimate of drug-likeness (QED) is 0.0158. The number of aliphatic hydroxyl groups excluding tert-OH is 1. The van der Waals surface area contributed by atoms with Crippen LogP contribution in [0.5, 0.6) is 5.75 Å². The number of esters is 1. The van der Waals surface area contributed by atoms with Crippen molar-refractivity contribution in [2.24, 2.45) is 0 Å². The van der Waals surface area contributed by atoms with Crippen molar-refractivity contribution >= 4 is 42.3 Å². The molecule has 0 saturated carbocycles. The molecule has 37 nitrogen and oxygen atoms in total. The first-order valence-electron chi connectivity index (χ1n) is 48.0. The molecule has 1 N–H and O–H groups in total. The number of unbranched alkanes of at least 4 members (excludes halogenated alkanes) is 10. The van der Waals surface area contributed by atoms with Gasteiger partial charge in [0.1, 0.15) is 25.6 Å². The number of aliphatic hydroxyl groups is 1. The number of benzene rings is 1. The number of ether oxygens (including phenoxy) is 24. The first-order valence-corrected chi connectivity index (χ1v) is 48.0. The molecule has 1 aromatic carbocycles. The predicted octanol–water partition coefficient (Wildman–Crippen LogP) is -6.97. The van der Waals surface area contributed by atoms with E-state index in [0.717, 1.165) is 95.6 Å². The fraction of sp³-hybridized carbons (Fsp3) is 0.844. The van der Waals surface area contributed by atoms with E-state index in [2.05, 4.69) is 25.2 Å². The molecule has 0 amide bonds. The Morgan fingerprint density at radius 1 is 0.333 bits per heavy atom. The summed E-state index contributed by atoms with van der Waals surface area (Å²) in [6.45, 7) is 35.0. The van der Waals surface area contributed by atoms with Gasteiger partial charge in [0.2, 0.25) is 0 Å². The maximum Gasteiger partial charge on any atom is 1.00 e. The fourth-order valence-corrected chi connectivity index (χ4v) is 11.6. The van der Waals surface area contributed by atoms with E-state index >= 15 is 0 Å². The van der Waals surface area contributed by atoms with Crippen LogP contribution in [-0.2, 0) is 143 Å². The molecule has 0 heterocycles. The van der Waals surface area contributed by atoms with Crippen LogP contribution in [0.3, 0.4) is 0 Å². The van der Waals surface area contributed by atoms with Crippen LogP contribution in [0.15, 0.2) is 42.5 Å². The van der Waals surface area contributed by atoms with E-state index < -0.39 is 61.0 Å². The number of carbonyl (C=O) groups excluding carboxylic acids is 7. The Bertz CT molecular complexity index is 2740. The Morgan fingerprint density at radius 2 is 0.630 bits per heavy atom. The van der Waals surface area contributed by atoms with Crippen molar-refractivity contribution in [2.75, 3.05) is 200 Å². The monoisotopic (exact) mass is 2030 g/mol. The number of hydrogen-bond acceptors (Lipinski definition) is 37. The molecule has 1 aromatic rings. The molecule has 0 aliphatic heterocycles. The molecule has 0 bridgehead atoms. The van der Waals surface area contributed by atoms with Crippen LogP contribution in [0.1, 0.15) is 262 Å². The summed E-state index contributed by atoms with van der Waals surface area (Å²) in [5.41, 5.74) is 0.322. The summed E-state index contributed by atoms with van der Waals surface area (Å²) in [4.78, 5) is 73.4. The summed E-state index contributed by atoms with van der Waals surface area (Å²) >= 11 is 0. The Balaban J connectivity index is -0.000000219. The topological polar surface area (TPSA) is 477 Å². The van der Waals surface area contributed by atoms with E-state index in [1.807, 2.05) is 78.8 Å². The summed E-state index contributed by atoms with van der Waals surface area (Å²) in [7, 11) is 4.88. The Hall–Kier alpha value is -0.830. The molecule has 0 saturated heterocycles. The number of hydrogen-bond donors (Lipinski definition) is 1. The molecule has 42 heteroatoms. The molecule has 138 heavy (non-hydrogen) atoms. The number of carboxylic acids is 5.